The zero-order valence-electron chi connectivity index (χ0n) is 12.3. The van der Waals surface area contributed by atoms with E-state index in [2.05, 4.69) is 18.7 Å². The topological polar surface area (TPSA) is 55.6 Å². The Morgan fingerprint density at radius 1 is 1.50 bits per heavy atom. The van der Waals surface area contributed by atoms with Crippen LogP contribution in [0.5, 0.6) is 0 Å². The number of likely N-dealkylation sites (tertiary alicyclic amines) is 1. The summed E-state index contributed by atoms with van der Waals surface area (Å²) in [6, 6.07) is 0. The van der Waals surface area contributed by atoms with E-state index in [4.69, 9.17) is 10.5 Å². The monoisotopic (exact) mass is 256 g/mol. The molecular formula is C14H28N2O2. The first-order valence-electron chi connectivity index (χ1n) is 7.01. The summed E-state index contributed by atoms with van der Waals surface area (Å²) in [5.41, 5.74) is 5.46. The maximum atomic E-state index is 11.7. The standard InChI is InChI=1S/C14H28N2O2/c1-5-18-12(17)14(4,15)9-7-11-16-10-6-8-13(16,2)3/h5-11,15H2,1-4H3. The van der Waals surface area contributed by atoms with Gasteiger partial charge < -0.3 is 10.5 Å². The molecule has 0 aromatic carbocycles. The molecule has 0 amide bonds. The Hall–Kier alpha value is -0.610. The first kappa shape index (κ1) is 15.4. The number of nitrogens with zero attached hydrogens (tertiary/aromatic N) is 1. The fraction of sp³-hybridized carbons (Fsp3) is 0.929. The maximum Gasteiger partial charge on any atom is 0.325 e. The highest BCUT2D eigenvalue weighted by Crippen LogP contribution is 2.28. The van der Waals surface area contributed by atoms with Crippen LogP contribution in [0.3, 0.4) is 0 Å². The SMILES string of the molecule is CCOC(=O)C(C)(N)CCCN1CCCC1(C)C. The zero-order chi connectivity index (χ0) is 13.8. The van der Waals surface area contributed by atoms with Gasteiger partial charge in [0, 0.05) is 5.54 Å². The van der Waals surface area contributed by atoms with E-state index in [0.717, 1.165) is 19.5 Å². The number of nitrogens with two attached hydrogens (primary N) is 1. The maximum absolute atomic E-state index is 11.7. The van der Waals surface area contributed by atoms with Gasteiger partial charge in [-0.3, -0.25) is 9.69 Å². The third-order valence-electron chi connectivity index (χ3n) is 3.94. The van der Waals surface area contributed by atoms with Crippen LogP contribution in [-0.4, -0.2) is 41.6 Å². The largest absolute Gasteiger partial charge is 0.465 e. The number of carbonyl (C=O) groups is 1. The van der Waals surface area contributed by atoms with E-state index >= 15 is 0 Å². The second kappa shape index (κ2) is 6.02. The average Bonchev–Trinajstić information content (AvgIpc) is 2.58. The first-order chi connectivity index (χ1) is 8.29. The molecule has 0 bridgehead atoms. The van der Waals surface area contributed by atoms with Crippen molar-refractivity contribution in [2.45, 2.75) is 64.5 Å². The Morgan fingerprint density at radius 2 is 2.17 bits per heavy atom. The van der Waals surface area contributed by atoms with Crippen LogP contribution >= 0.6 is 0 Å². The van der Waals surface area contributed by atoms with Crippen LogP contribution in [0.15, 0.2) is 0 Å². The van der Waals surface area contributed by atoms with Crippen LogP contribution in [0.4, 0.5) is 0 Å². The van der Waals surface area contributed by atoms with Crippen LogP contribution < -0.4 is 5.73 Å². The molecular weight excluding hydrogens is 228 g/mol. The van der Waals surface area contributed by atoms with E-state index in [0.29, 0.717) is 18.6 Å². The predicted octanol–water partition coefficient (Wildman–Crippen LogP) is 1.92. The third kappa shape index (κ3) is 3.95. The van der Waals surface area contributed by atoms with Crippen molar-refractivity contribution in [3.8, 4) is 0 Å². The highest BCUT2D eigenvalue weighted by atomic mass is 16.5. The van der Waals surface area contributed by atoms with Gasteiger partial charge in [-0.2, -0.15) is 0 Å². The Labute approximate surface area is 111 Å². The summed E-state index contributed by atoms with van der Waals surface area (Å²) < 4.78 is 4.99. The van der Waals surface area contributed by atoms with Gasteiger partial charge in [-0.25, -0.2) is 0 Å². The van der Waals surface area contributed by atoms with E-state index in [-0.39, 0.29) is 5.97 Å². The van der Waals surface area contributed by atoms with Gasteiger partial charge >= 0.3 is 5.97 Å². The van der Waals surface area contributed by atoms with Crippen molar-refractivity contribution in [3.63, 3.8) is 0 Å². The minimum absolute atomic E-state index is 0.286. The fourth-order valence-electron chi connectivity index (χ4n) is 2.61. The molecule has 1 rings (SSSR count). The molecule has 1 unspecified atom stereocenters. The number of hydrogen-bond donors (Lipinski definition) is 1. The first-order valence-corrected chi connectivity index (χ1v) is 7.01. The molecule has 0 spiro atoms. The molecule has 106 valence electrons. The molecule has 0 radical (unpaired) electrons. The van der Waals surface area contributed by atoms with E-state index < -0.39 is 5.54 Å². The second-order valence-electron chi connectivity index (χ2n) is 6.14. The lowest BCUT2D eigenvalue weighted by Crippen LogP contribution is -2.47. The Bertz CT molecular complexity index is 288. The number of ether oxygens (including phenoxy) is 1. The molecule has 0 aromatic heterocycles. The molecule has 1 saturated heterocycles. The van der Waals surface area contributed by atoms with Gasteiger partial charge in [-0.1, -0.05) is 0 Å². The quantitative estimate of drug-likeness (QED) is 0.738. The third-order valence-corrected chi connectivity index (χ3v) is 3.94. The summed E-state index contributed by atoms with van der Waals surface area (Å²) >= 11 is 0. The van der Waals surface area contributed by atoms with Crippen molar-refractivity contribution in [2.24, 2.45) is 5.73 Å². The van der Waals surface area contributed by atoms with Crippen molar-refractivity contribution < 1.29 is 9.53 Å². The Balaban J connectivity index is 2.35. The smallest absolute Gasteiger partial charge is 0.325 e. The van der Waals surface area contributed by atoms with Gasteiger partial charge in [0.05, 0.1) is 6.61 Å². The highest BCUT2D eigenvalue weighted by Gasteiger charge is 2.33. The van der Waals surface area contributed by atoms with Crippen LogP contribution in [-0.2, 0) is 9.53 Å². The summed E-state index contributed by atoms with van der Waals surface area (Å²) in [6.45, 7) is 10.7. The Kier molecular flexibility index (Phi) is 5.17. The van der Waals surface area contributed by atoms with E-state index in [9.17, 15) is 4.79 Å². The second-order valence-corrected chi connectivity index (χ2v) is 6.14. The van der Waals surface area contributed by atoms with Crippen molar-refractivity contribution in [2.75, 3.05) is 19.7 Å². The van der Waals surface area contributed by atoms with Crippen molar-refractivity contribution in [1.82, 2.24) is 4.90 Å². The van der Waals surface area contributed by atoms with E-state index in [1.165, 1.54) is 12.8 Å². The molecule has 18 heavy (non-hydrogen) atoms. The van der Waals surface area contributed by atoms with Crippen molar-refractivity contribution in [3.05, 3.63) is 0 Å². The fourth-order valence-corrected chi connectivity index (χ4v) is 2.61. The van der Waals surface area contributed by atoms with Gasteiger partial charge in [-0.05, 0) is 66.5 Å². The molecule has 1 fully saturated rings. The molecule has 4 heteroatoms. The lowest BCUT2D eigenvalue weighted by Gasteiger charge is -2.32. The highest BCUT2D eigenvalue weighted by molar-refractivity contribution is 5.79. The number of hydrogen-bond acceptors (Lipinski definition) is 4. The summed E-state index contributed by atoms with van der Waals surface area (Å²) in [7, 11) is 0. The molecule has 1 atom stereocenters. The summed E-state index contributed by atoms with van der Waals surface area (Å²) in [5.74, 6) is -0.286. The van der Waals surface area contributed by atoms with Crippen molar-refractivity contribution >= 4 is 5.97 Å². The minimum Gasteiger partial charge on any atom is -0.465 e. The normalized spacial score (nSPS) is 22.7. The molecule has 4 nitrogen and oxygen atoms in total. The number of esters is 1. The summed E-state index contributed by atoms with van der Waals surface area (Å²) in [4.78, 5) is 14.2. The molecule has 0 saturated carbocycles. The van der Waals surface area contributed by atoms with Gasteiger partial charge in [0.1, 0.15) is 5.54 Å². The van der Waals surface area contributed by atoms with Crippen LogP contribution in [0.25, 0.3) is 0 Å². The molecule has 1 aliphatic heterocycles. The van der Waals surface area contributed by atoms with E-state index in [1.54, 1.807) is 13.8 Å². The van der Waals surface area contributed by atoms with Crippen molar-refractivity contribution in [1.29, 1.82) is 0 Å². The lowest BCUT2D eigenvalue weighted by atomic mass is 9.96. The van der Waals surface area contributed by atoms with Gasteiger partial charge in [-0.15, -0.1) is 0 Å². The zero-order valence-corrected chi connectivity index (χ0v) is 12.3. The van der Waals surface area contributed by atoms with Gasteiger partial charge in [0.25, 0.3) is 0 Å². The molecule has 0 aromatic rings. The molecule has 1 aliphatic rings. The summed E-state index contributed by atoms with van der Waals surface area (Å²) in [6.07, 6.45) is 4.14. The number of carbonyl (C=O) groups excluding carboxylic acids is 1. The Morgan fingerprint density at radius 3 is 2.67 bits per heavy atom. The van der Waals surface area contributed by atoms with Gasteiger partial charge in [0.15, 0.2) is 0 Å². The average molecular weight is 256 g/mol. The lowest BCUT2D eigenvalue weighted by molar-refractivity contribution is -0.149. The van der Waals surface area contributed by atoms with Crippen LogP contribution in [0, 0.1) is 0 Å². The van der Waals surface area contributed by atoms with E-state index in [1.807, 2.05) is 0 Å². The predicted molar refractivity (Wildman–Crippen MR) is 73.3 cm³/mol. The molecule has 2 N–H and O–H groups in total. The van der Waals surface area contributed by atoms with Gasteiger partial charge in [0.2, 0.25) is 0 Å². The van der Waals surface area contributed by atoms with Crippen LogP contribution in [0.2, 0.25) is 0 Å². The van der Waals surface area contributed by atoms with Crippen LogP contribution in [0.1, 0.15) is 53.4 Å². The summed E-state index contributed by atoms with van der Waals surface area (Å²) in [5, 5.41) is 0. The minimum atomic E-state index is -0.847. The molecule has 0 aliphatic carbocycles. The molecule has 1 heterocycles. The number of rotatable bonds is 6.